The largest absolute Gasteiger partial charge is 0.368 e. The van der Waals surface area contributed by atoms with Crippen molar-refractivity contribution in [2.24, 2.45) is 0 Å². The van der Waals surface area contributed by atoms with Crippen LogP contribution in [0.3, 0.4) is 0 Å². The second kappa shape index (κ2) is 11.4. The van der Waals surface area contributed by atoms with Gasteiger partial charge in [0.1, 0.15) is 0 Å². The predicted octanol–water partition coefficient (Wildman–Crippen LogP) is 4.71. The van der Waals surface area contributed by atoms with Gasteiger partial charge in [-0.2, -0.15) is 0 Å². The number of hydrogen-bond donors (Lipinski definition) is 0. The number of anilines is 2. The molecule has 2 saturated heterocycles. The van der Waals surface area contributed by atoms with Gasteiger partial charge in [0.2, 0.25) is 0 Å². The number of carbonyl (C=O) groups is 2. The van der Waals surface area contributed by atoms with Gasteiger partial charge in [-0.25, -0.2) is 0 Å². The van der Waals surface area contributed by atoms with E-state index >= 15 is 0 Å². The van der Waals surface area contributed by atoms with Crippen LogP contribution < -0.4 is 9.80 Å². The van der Waals surface area contributed by atoms with Crippen molar-refractivity contribution in [1.29, 1.82) is 0 Å². The zero-order valence-electron chi connectivity index (χ0n) is 22.8. The molecule has 0 aromatic heterocycles. The molecule has 2 fully saturated rings. The first-order valence-electron chi connectivity index (χ1n) is 13.7. The molecule has 0 spiro atoms. The summed E-state index contributed by atoms with van der Waals surface area (Å²) >= 11 is 0. The molecule has 2 aliphatic heterocycles. The van der Waals surface area contributed by atoms with Gasteiger partial charge in [-0.15, -0.1) is 0 Å². The summed E-state index contributed by atoms with van der Waals surface area (Å²) in [5.41, 5.74) is 8.64. The van der Waals surface area contributed by atoms with Crippen LogP contribution in [0, 0.1) is 20.8 Å². The predicted molar refractivity (Wildman–Crippen MR) is 155 cm³/mol. The molecule has 1 amide bonds. The summed E-state index contributed by atoms with van der Waals surface area (Å²) in [4.78, 5) is 34.2. The summed E-state index contributed by atoms with van der Waals surface area (Å²) in [5.74, 6) is 0.142. The third-order valence-corrected chi connectivity index (χ3v) is 8.11. The number of nitrogens with zero attached hydrogens (tertiary/aromatic N) is 4. The maximum absolute atomic E-state index is 13.6. The number of benzene rings is 3. The van der Waals surface area contributed by atoms with Gasteiger partial charge >= 0.3 is 0 Å². The molecule has 0 bridgehead atoms. The standard InChI is InChI=1S/C32H38N4O2/c1-24-8-4-6-10-30(24)34-16-18-36(19-17-34)32(38)29-21-28(25(2)20-26(29)3)22-33-12-14-35(15-13-33)31-11-7-5-9-27(31)23-37/h4-11,20-21,23H,12-19,22H2,1-3H3. The van der Waals surface area contributed by atoms with E-state index in [9.17, 15) is 9.59 Å². The Bertz CT molecular complexity index is 1300. The lowest BCUT2D eigenvalue weighted by atomic mass is 9.98. The van der Waals surface area contributed by atoms with Crippen molar-refractivity contribution in [2.45, 2.75) is 27.3 Å². The number of piperazine rings is 2. The van der Waals surface area contributed by atoms with Crippen LogP contribution in [0.15, 0.2) is 60.7 Å². The molecule has 0 saturated carbocycles. The Hall–Kier alpha value is -3.64. The number of aryl methyl sites for hydroxylation is 3. The van der Waals surface area contributed by atoms with Gasteiger partial charge in [0.05, 0.1) is 0 Å². The van der Waals surface area contributed by atoms with Crippen molar-refractivity contribution < 1.29 is 9.59 Å². The van der Waals surface area contributed by atoms with Crippen LogP contribution in [-0.2, 0) is 6.54 Å². The molecule has 38 heavy (non-hydrogen) atoms. The quantitative estimate of drug-likeness (QED) is 0.450. The lowest BCUT2D eigenvalue weighted by Gasteiger charge is -2.37. The molecule has 2 aliphatic rings. The van der Waals surface area contributed by atoms with E-state index in [4.69, 9.17) is 0 Å². The zero-order valence-corrected chi connectivity index (χ0v) is 22.8. The highest BCUT2D eigenvalue weighted by Crippen LogP contribution is 2.25. The molecule has 5 rings (SSSR count). The fourth-order valence-electron chi connectivity index (χ4n) is 5.80. The molecule has 3 aromatic carbocycles. The molecule has 0 radical (unpaired) electrons. The summed E-state index contributed by atoms with van der Waals surface area (Å²) < 4.78 is 0. The van der Waals surface area contributed by atoms with Crippen LogP contribution in [0.4, 0.5) is 11.4 Å². The van der Waals surface area contributed by atoms with Gasteiger partial charge in [0.15, 0.2) is 6.29 Å². The van der Waals surface area contributed by atoms with Crippen LogP contribution >= 0.6 is 0 Å². The molecular formula is C32H38N4O2. The zero-order chi connectivity index (χ0) is 26.6. The van der Waals surface area contributed by atoms with Crippen LogP contribution in [-0.4, -0.2) is 74.4 Å². The van der Waals surface area contributed by atoms with Gasteiger partial charge in [0, 0.05) is 81.4 Å². The highest BCUT2D eigenvalue weighted by Gasteiger charge is 2.25. The van der Waals surface area contributed by atoms with Crippen LogP contribution in [0.2, 0.25) is 0 Å². The minimum Gasteiger partial charge on any atom is -0.368 e. The third kappa shape index (κ3) is 5.46. The van der Waals surface area contributed by atoms with Crippen LogP contribution in [0.5, 0.6) is 0 Å². The summed E-state index contributed by atoms with van der Waals surface area (Å²) in [6, 6.07) is 20.6. The average Bonchev–Trinajstić information content (AvgIpc) is 2.95. The highest BCUT2D eigenvalue weighted by atomic mass is 16.2. The summed E-state index contributed by atoms with van der Waals surface area (Å²) in [7, 11) is 0. The topological polar surface area (TPSA) is 47.1 Å². The summed E-state index contributed by atoms with van der Waals surface area (Å²) in [6.07, 6.45) is 0.943. The van der Waals surface area contributed by atoms with E-state index in [-0.39, 0.29) is 5.91 Å². The van der Waals surface area contributed by atoms with Crippen molar-refractivity contribution in [3.8, 4) is 0 Å². The number of hydrogen-bond acceptors (Lipinski definition) is 5. The first-order chi connectivity index (χ1) is 18.4. The Balaban J connectivity index is 1.22. The lowest BCUT2D eigenvalue weighted by Crippen LogP contribution is -2.49. The second-order valence-corrected chi connectivity index (χ2v) is 10.6. The van der Waals surface area contributed by atoms with E-state index in [2.05, 4.69) is 71.9 Å². The first kappa shape index (κ1) is 26.0. The van der Waals surface area contributed by atoms with E-state index in [0.717, 1.165) is 87.6 Å². The monoisotopic (exact) mass is 510 g/mol. The number of amides is 1. The minimum absolute atomic E-state index is 0.142. The van der Waals surface area contributed by atoms with Gasteiger partial charge in [-0.3, -0.25) is 14.5 Å². The Morgan fingerprint density at radius 3 is 2.00 bits per heavy atom. The van der Waals surface area contributed by atoms with Crippen molar-refractivity contribution >= 4 is 23.6 Å². The Morgan fingerprint density at radius 1 is 0.711 bits per heavy atom. The molecular weight excluding hydrogens is 472 g/mol. The fourth-order valence-corrected chi connectivity index (χ4v) is 5.80. The third-order valence-electron chi connectivity index (χ3n) is 8.11. The molecule has 0 N–H and O–H groups in total. The van der Waals surface area contributed by atoms with Gasteiger partial charge in [0.25, 0.3) is 5.91 Å². The lowest BCUT2D eigenvalue weighted by molar-refractivity contribution is 0.0745. The number of carbonyl (C=O) groups excluding carboxylic acids is 2. The normalized spacial score (nSPS) is 16.6. The Kier molecular flexibility index (Phi) is 7.79. The second-order valence-electron chi connectivity index (χ2n) is 10.6. The van der Waals surface area contributed by atoms with E-state index in [1.54, 1.807) is 0 Å². The van der Waals surface area contributed by atoms with Gasteiger partial charge in [-0.05, 0) is 67.3 Å². The highest BCUT2D eigenvalue weighted by molar-refractivity contribution is 5.96. The Morgan fingerprint density at radius 2 is 1.32 bits per heavy atom. The maximum Gasteiger partial charge on any atom is 0.254 e. The maximum atomic E-state index is 13.6. The van der Waals surface area contributed by atoms with E-state index in [1.165, 1.54) is 22.4 Å². The van der Waals surface area contributed by atoms with Crippen molar-refractivity contribution in [2.75, 3.05) is 62.2 Å². The van der Waals surface area contributed by atoms with E-state index < -0.39 is 0 Å². The molecule has 0 atom stereocenters. The first-order valence-corrected chi connectivity index (χ1v) is 13.7. The minimum atomic E-state index is 0.142. The number of rotatable bonds is 6. The van der Waals surface area contributed by atoms with Crippen LogP contribution in [0.25, 0.3) is 0 Å². The number of para-hydroxylation sites is 2. The molecule has 2 heterocycles. The molecule has 0 aliphatic carbocycles. The summed E-state index contributed by atoms with van der Waals surface area (Å²) in [5, 5.41) is 0. The Labute approximate surface area is 226 Å². The molecule has 0 unspecified atom stereocenters. The summed E-state index contributed by atoms with van der Waals surface area (Å²) in [6.45, 7) is 14.0. The molecule has 6 heteroatoms. The van der Waals surface area contributed by atoms with E-state index in [0.29, 0.717) is 0 Å². The molecule has 198 valence electrons. The smallest absolute Gasteiger partial charge is 0.254 e. The fraction of sp³-hybridized carbons (Fsp3) is 0.375. The molecule has 3 aromatic rings. The SMILES string of the molecule is Cc1cc(C)c(C(=O)N2CCN(c3ccccc3C)CC2)cc1CN1CCN(c2ccccc2C=O)CC1. The van der Waals surface area contributed by atoms with Crippen molar-refractivity contribution in [1.82, 2.24) is 9.80 Å². The van der Waals surface area contributed by atoms with Gasteiger partial charge < -0.3 is 14.7 Å². The van der Waals surface area contributed by atoms with Crippen LogP contribution in [0.1, 0.15) is 43.0 Å². The average molecular weight is 511 g/mol. The molecule has 6 nitrogen and oxygen atoms in total. The van der Waals surface area contributed by atoms with Gasteiger partial charge in [-0.1, -0.05) is 36.4 Å². The number of aldehydes is 1. The van der Waals surface area contributed by atoms with Crippen molar-refractivity contribution in [3.05, 3.63) is 94.0 Å². The van der Waals surface area contributed by atoms with Crippen molar-refractivity contribution in [3.63, 3.8) is 0 Å². The van der Waals surface area contributed by atoms with E-state index in [1.807, 2.05) is 29.2 Å².